The summed E-state index contributed by atoms with van der Waals surface area (Å²) >= 11 is 0. The first-order chi connectivity index (χ1) is 9.15. The number of aromatic nitrogens is 1. The van der Waals surface area contributed by atoms with E-state index in [-0.39, 0.29) is 11.8 Å². The molecule has 1 amide bonds. The van der Waals surface area contributed by atoms with Gasteiger partial charge in [-0.15, -0.1) is 0 Å². The van der Waals surface area contributed by atoms with Crippen molar-refractivity contribution in [1.82, 2.24) is 4.98 Å². The monoisotopic (exact) mass is 254 g/mol. The van der Waals surface area contributed by atoms with Crippen molar-refractivity contribution in [1.29, 1.82) is 0 Å². The predicted molar refractivity (Wildman–Crippen MR) is 77.0 cm³/mol. The van der Waals surface area contributed by atoms with Gasteiger partial charge in [-0.3, -0.25) is 4.79 Å². The molecule has 0 aliphatic carbocycles. The lowest BCUT2D eigenvalue weighted by Crippen LogP contribution is -2.18. The number of hydrogen-bond donors (Lipinski definition) is 1. The molecule has 0 saturated heterocycles. The molecule has 3 heteroatoms. The molecular weight excluding hydrogens is 236 g/mol. The number of nitrogens with zero attached hydrogens (tertiary/aromatic N) is 1. The Labute approximate surface area is 113 Å². The number of amides is 1. The van der Waals surface area contributed by atoms with E-state index in [9.17, 15) is 4.79 Å². The van der Waals surface area contributed by atoms with E-state index in [1.165, 1.54) is 5.56 Å². The van der Waals surface area contributed by atoms with Crippen LogP contribution in [0.1, 0.15) is 25.0 Å². The number of rotatable bonds is 4. The van der Waals surface area contributed by atoms with Gasteiger partial charge in [-0.2, -0.15) is 0 Å². The number of pyridine rings is 1. The standard InChI is InChI=1S/C16H18N2O/c1-12(2)16(19)18-15-9-8-14(11-17-15)10-13-6-4-3-5-7-13/h3-9,11-12H,10H2,1-2H3,(H,17,18,19). The van der Waals surface area contributed by atoms with Gasteiger partial charge < -0.3 is 5.32 Å². The molecule has 0 bridgehead atoms. The lowest BCUT2D eigenvalue weighted by atomic mass is 10.1. The summed E-state index contributed by atoms with van der Waals surface area (Å²) < 4.78 is 0. The Bertz CT molecular complexity index is 532. The van der Waals surface area contributed by atoms with E-state index in [0.717, 1.165) is 12.0 Å². The fourth-order valence-corrected chi connectivity index (χ4v) is 1.71. The van der Waals surface area contributed by atoms with Crippen LogP contribution in [0, 0.1) is 5.92 Å². The number of hydrogen-bond acceptors (Lipinski definition) is 2. The summed E-state index contributed by atoms with van der Waals surface area (Å²) in [5.74, 6) is 0.560. The van der Waals surface area contributed by atoms with Gasteiger partial charge in [-0.25, -0.2) is 4.98 Å². The van der Waals surface area contributed by atoms with Gasteiger partial charge in [-0.05, 0) is 23.6 Å². The molecule has 0 fully saturated rings. The van der Waals surface area contributed by atoms with Gasteiger partial charge in [-0.1, -0.05) is 50.2 Å². The topological polar surface area (TPSA) is 42.0 Å². The Morgan fingerprint density at radius 2 is 1.84 bits per heavy atom. The fraction of sp³-hybridized carbons (Fsp3) is 0.250. The van der Waals surface area contributed by atoms with Crippen molar-refractivity contribution in [3.8, 4) is 0 Å². The van der Waals surface area contributed by atoms with Crippen molar-refractivity contribution in [2.24, 2.45) is 5.92 Å². The normalized spacial score (nSPS) is 10.5. The average molecular weight is 254 g/mol. The van der Waals surface area contributed by atoms with Crippen LogP contribution in [0.2, 0.25) is 0 Å². The Balaban J connectivity index is 2.01. The molecule has 0 aliphatic heterocycles. The van der Waals surface area contributed by atoms with Crippen molar-refractivity contribution < 1.29 is 4.79 Å². The van der Waals surface area contributed by atoms with Crippen LogP contribution in [0.4, 0.5) is 5.82 Å². The van der Waals surface area contributed by atoms with E-state index in [0.29, 0.717) is 5.82 Å². The Hall–Kier alpha value is -2.16. The zero-order chi connectivity index (χ0) is 13.7. The molecule has 0 spiro atoms. The Morgan fingerprint density at radius 1 is 1.11 bits per heavy atom. The highest BCUT2D eigenvalue weighted by Gasteiger charge is 2.07. The predicted octanol–water partition coefficient (Wildman–Crippen LogP) is 3.27. The smallest absolute Gasteiger partial charge is 0.228 e. The van der Waals surface area contributed by atoms with E-state index in [1.807, 2.05) is 50.4 Å². The highest BCUT2D eigenvalue weighted by atomic mass is 16.1. The SMILES string of the molecule is CC(C)C(=O)Nc1ccc(Cc2ccccc2)cn1. The van der Waals surface area contributed by atoms with Crippen molar-refractivity contribution >= 4 is 11.7 Å². The molecular formula is C16H18N2O. The summed E-state index contributed by atoms with van der Waals surface area (Å²) in [7, 11) is 0. The number of benzene rings is 1. The highest BCUT2D eigenvalue weighted by molar-refractivity contribution is 5.91. The van der Waals surface area contributed by atoms with E-state index in [1.54, 1.807) is 0 Å². The van der Waals surface area contributed by atoms with Crippen LogP contribution >= 0.6 is 0 Å². The maximum absolute atomic E-state index is 11.5. The molecule has 1 heterocycles. The van der Waals surface area contributed by atoms with Crippen molar-refractivity contribution in [3.05, 3.63) is 59.8 Å². The van der Waals surface area contributed by atoms with Crippen LogP contribution in [0.25, 0.3) is 0 Å². The van der Waals surface area contributed by atoms with Gasteiger partial charge in [0.1, 0.15) is 5.82 Å². The third kappa shape index (κ3) is 3.91. The van der Waals surface area contributed by atoms with Crippen molar-refractivity contribution in [3.63, 3.8) is 0 Å². The number of carbonyl (C=O) groups is 1. The Kier molecular flexibility index (Phi) is 4.29. The number of carbonyl (C=O) groups excluding carboxylic acids is 1. The van der Waals surface area contributed by atoms with E-state index >= 15 is 0 Å². The van der Waals surface area contributed by atoms with Gasteiger partial charge in [0.05, 0.1) is 0 Å². The fourth-order valence-electron chi connectivity index (χ4n) is 1.71. The maximum atomic E-state index is 11.5. The molecule has 2 aromatic rings. The van der Waals surface area contributed by atoms with Gasteiger partial charge in [0.15, 0.2) is 0 Å². The molecule has 3 nitrogen and oxygen atoms in total. The molecule has 0 aliphatic rings. The lowest BCUT2D eigenvalue weighted by Gasteiger charge is -2.07. The minimum atomic E-state index is -0.0363. The maximum Gasteiger partial charge on any atom is 0.228 e. The summed E-state index contributed by atoms with van der Waals surface area (Å²) in [4.78, 5) is 15.8. The van der Waals surface area contributed by atoms with Crippen molar-refractivity contribution in [2.75, 3.05) is 5.32 Å². The third-order valence-electron chi connectivity index (χ3n) is 2.85. The number of nitrogens with one attached hydrogen (secondary N) is 1. The molecule has 2 rings (SSSR count). The average Bonchev–Trinajstić information content (AvgIpc) is 2.42. The van der Waals surface area contributed by atoms with Crippen LogP contribution in [0.15, 0.2) is 48.7 Å². The molecule has 1 aromatic heterocycles. The van der Waals surface area contributed by atoms with E-state index in [2.05, 4.69) is 22.4 Å². The summed E-state index contributed by atoms with van der Waals surface area (Å²) in [5, 5.41) is 2.78. The summed E-state index contributed by atoms with van der Waals surface area (Å²) in [5.41, 5.74) is 2.39. The molecule has 0 saturated carbocycles. The lowest BCUT2D eigenvalue weighted by molar-refractivity contribution is -0.118. The molecule has 1 aromatic carbocycles. The van der Waals surface area contributed by atoms with Gasteiger partial charge in [0.25, 0.3) is 0 Å². The highest BCUT2D eigenvalue weighted by Crippen LogP contribution is 2.11. The number of anilines is 1. The quantitative estimate of drug-likeness (QED) is 0.909. The van der Waals surface area contributed by atoms with Gasteiger partial charge in [0, 0.05) is 12.1 Å². The van der Waals surface area contributed by atoms with E-state index < -0.39 is 0 Å². The molecule has 0 unspecified atom stereocenters. The van der Waals surface area contributed by atoms with Crippen LogP contribution in [-0.2, 0) is 11.2 Å². The first-order valence-corrected chi connectivity index (χ1v) is 6.45. The van der Waals surface area contributed by atoms with Crippen LogP contribution in [-0.4, -0.2) is 10.9 Å². The zero-order valence-electron chi connectivity index (χ0n) is 11.3. The van der Waals surface area contributed by atoms with E-state index in [4.69, 9.17) is 0 Å². The molecule has 1 N–H and O–H groups in total. The first-order valence-electron chi connectivity index (χ1n) is 6.45. The van der Waals surface area contributed by atoms with Crippen LogP contribution in [0.5, 0.6) is 0 Å². The second kappa shape index (κ2) is 6.14. The third-order valence-corrected chi connectivity index (χ3v) is 2.85. The van der Waals surface area contributed by atoms with Crippen LogP contribution < -0.4 is 5.32 Å². The van der Waals surface area contributed by atoms with Crippen LogP contribution in [0.3, 0.4) is 0 Å². The minimum absolute atomic E-state index is 0.0108. The largest absolute Gasteiger partial charge is 0.310 e. The second-order valence-corrected chi connectivity index (χ2v) is 4.86. The molecule has 19 heavy (non-hydrogen) atoms. The second-order valence-electron chi connectivity index (χ2n) is 4.86. The summed E-state index contributed by atoms with van der Waals surface area (Å²) in [6, 6.07) is 14.1. The molecule has 0 radical (unpaired) electrons. The van der Waals surface area contributed by atoms with Gasteiger partial charge >= 0.3 is 0 Å². The molecule has 98 valence electrons. The zero-order valence-corrected chi connectivity index (χ0v) is 11.3. The molecule has 0 atom stereocenters. The Morgan fingerprint density at radius 3 is 2.42 bits per heavy atom. The summed E-state index contributed by atoms with van der Waals surface area (Å²) in [6.07, 6.45) is 2.66. The van der Waals surface area contributed by atoms with Crippen molar-refractivity contribution in [2.45, 2.75) is 20.3 Å². The minimum Gasteiger partial charge on any atom is -0.310 e. The van der Waals surface area contributed by atoms with Gasteiger partial charge in [0.2, 0.25) is 5.91 Å². The summed E-state index contributed by atoms with van der Waals surface area (Å²) in [6.45, 7) is 3.72. The first kappa shape index (κ1) is 13.3.